The van der Waals surface area contributed by atoms with Crippen LogP contribution in [0.3, 0.4) is 0 Å². The summed E-state index contributed by atoms with van der Waals surface area (Å²) in [7, 11) is 1.54. The number of anilines is 1. The van der Waals surface area contributed by atoms with Crippen molar-refractivity contribution in [1.82, 2.24) is 9.88 Å². The number of hydrogen-bond donors (Lipinski definition) is 0. The van der Waals surface area contributed by atoms with E-state index in [4.69, 9.17) is 25.8 Å². The molecule has 222 valence electrons. The normalized spacial score (nSPS) is 18.3. The third kappa shape index (κ3) is 5.30. The Balaban J connectivity index is 1.46. The van der Waals surface area contributed by atoms with Crippen LogP contribution in [0, 0.1) is 17.1 Å². The number of hydrogen-bond acceptors (Lipinski definition) is 7. The molecule has 0 N–H and O–H groups in total. The SMILES string of the molecule is COCOc1cc(-c2ccc3c(N4C5CCC4CN(C(=O)OC(C)(C)C)C5)nc(Cl)c(C#N)c3c2F)c2ccccc2c1. The van der Waals surface area contributed by atoms with Crippen LogP contribution in [0.25, 0.3) is 32.7 Å². The van der Waals surface area contributed by atoms with E-state index in [9.17, 15) is 10.1 Å². The lowest BCUT2D eigenvalue weighted by Gasteiger charge is -2.42. The standard InChI is InChI=1S/C33H32ClFN4O4/c1-33(2,3)43-32(40)38-16-20-9-10-21(17-38)39(20)31-25-12-11-24(29(35)28(25)27(15-36)30(34)37-31)26-14-22(42-18-41-4)13-19-7-5-6-8-23(19)26/h5-8,11-14,20-21H,9-10,16-18H2,1-4H3. The second kappa shape index (κ2) is 11.2. The fraction of sp³-hybridized carbons (Fsp3) is 0.364. The maximum absolute atomic E-state index is 16.8. The van der Waals surface area contributed by atoms with Crippen LogP contribution in [0.1, 0.15) is 39.2 Å². The van der Waals surface area contributed by atoms with Gasteiger partial charge in [0, 0.05) is 48.6 Å². The van der Waals surface area contributed by atoms with E-state index in [1.54, 1.807) is 17.0 Å². The molecule has 0 saturated carbocycles. The van der Waals surface area contributed by atoms with E-state index in [1.807, 2.05) is 57.2 Å². The van der Waals surface area contributed by atoms with Gasteiger partial charge in [0.15, 0.2) is 6.79 Å². The smallest absolute Gasteiger partial charge is 0.410 e. The molecule has 3 aromatic carbocycles. The summed E-state index contributed by atoms with van der Waals surface area (Å²) >= 11 is 6.60. The van der Waals surface area contributed by atoms with Gasteiger partial charge in [-0.1, -0.05) is 41.9 Å². The second-order valence-electron chi connectivity index (χ2n) is 12.0. The first-order valence-corrected chi connectivity index (χ1v) is 14.6. The minimum atomic E-state index is -0.596. The van der Waals surface area contributed by atoms with Gasteiger partial charge in [0.1, 0.15) is 39.8 Å². The molecular formula is C33H32ClFN4O4. The Morgan fingerprint density at radius 1 is 1.09 bits per heavy atom. The molecule has 2 saturated heterocycles. The van der Waals surface area contributed by atoms with Crippen LogP contribution in [0.2, 0.25) is 5.15 Å². The molecule has 6 rings (SSSR count). The molecule has 1 aromatic heterocycles. The third-order valence-corrected chi connectivity index (χ3v) is 8.28. The molecule has 2 fully saturated rings. The van der Waals surface area contributed by atoms with E-state index in [2.05, 4.69) is 16.0 Å². The molecule has 2 aliphatic rings. The zero-order chi connectivity index (χ0) is 30.5. The molecule has 43 heavy (non-hydrogen) atoms. The molecule has 0 spiro atoms. The summed E-state index contributed by atoms with van der Waals surface area (Å²) < 4.78 is 33.2. The number of nitriles is 1. The summed E-state index contributed by atoms with van der Waals surface area (Å²) in [6.45, 7) is 6.49. The maximum atomic E-state index is 16.8. The summed E-state index contributed by atoms with van der Waals surface area (Å²) in [5, 5.41) is 12.3. The summed E-state index contributed by atoms with van der Waals surface area (Å²) in [5.74, 6) is 0.486. The van der Waals surface area contributed by atoms with Crippen LogP contribution < -0.4 is 9.64 Å². The van der Waals surface area contributed by atoms with Crippen molar-refractivity contribution < 1.29 is 23.4 Å². The summed E-state index contributed by atoms with van der Waals surface area (Å²) in [6, 6.07) is 16.8. The van der Waals surface area contributed by atoms with Gasteiger partial charge in [0.2, 0.25) is 0 Å². The number of ether oxygens (including phenoxy) is 3. The van der Waals surface area contributed by atoms with E-state index in [-0.39, 0.29) is 41.1 Å². The van der Waals surface area contributed by atoms with Gasteiger partial charge in [-0.25, -0.2) is 14.2 Å². The Morgan fingerprint density at radius 3 is 2.49 bits per heavy atom. The number of benzene rings is 3. The topological polar surface area (TPSA) is 87.9 Å². The monoisotopic (exact) mass is 602 g/mol. The van der Waals surface area contributed by atoms with Gasteiger partial charge < -0.3 is 24.0 Å². The van der Waals surface area contributed by atoms with Gasteiger partial charge in [-0.2, -0.15) is 5.26 Å². The average Bonchev–Trinajstić information content (AvgIpc) is 3.22. The second-order valence-corrected chi connectivity index (χ2v) is 12.3. The van der Waals surface area contributed by atoms with Gasteiger partial charge in [0.25, 0.3) is 0 Å². The Labute approximate surface area is 254 Å². The molecule has 10 heteroatoms. The van der Waals surface area contributed by atoms with Gasteiger partial charge in [0.05, 0.1) is 0 Å². The van der Waals surface area contributed by atoms with Crippen LogP contribution in [-0.4, -0.2) is 60.7 Å². The van der Waals surface area contributed by atoms with E-state index >= 15 is 4.39 Å². The Morgan fingerprint density at radius 2 is 1.81 bits per heavy atom. The van der Waals surface area contributed by atoms with E-state index in [0.29, 0.717) is 41.2 Å². The first-order chi connectivity index (χ1) is 20.6. The van der Waals surface area contributed by atoms with Crippen molar-refractivity contribution in [2.45, 2.75) is 51.3 Å². The first-order valence-electron chi connectivity index (χ1n) is 14.2. The molecule has 8 nitrogen and oxygen atoms in total. The van der Waals surface area contributed by atoms with Gasteiger partial charge in [-0.15, -0.1) is 0 Å². The zero-order valence-corrected chi connectivity index (χ0v) is 25.2. The van der Waals surface area contributed by atoms with E-state index in [0.717, 1.165) is 23.6 Å². The van der Waals surface area contributed by atoms with Crippen LogP contribution in [0.15, 0.2) is 48.5 Å². The van der Waals surface area contributed by atoms with E-state index in [1.165, 1.54) is 7.11 Å². The predicted octanol–water partition coefficient (Wildman–Crippen LogP) is 7.29. The van der Waals surface area contributed by atoms with Crippen molar-refractivity contribution >= 4 is 45.1 Å². The van der Waals surface area contributed by atoms with Gasteiger partial charge in [-0.3, -0.25) is 0 Å². The van der Waals surface area contributed by atoms with Crippen molar-refractivity contribution in [1.29, 1.82) is 5.26 Å². The number of aromatic nitrogens is 1. The number of nitrogens with zero attached hydrogens (tertiary/aromatic N) is 4. The van der Waals surface area contributed by atoms with Crippen LogP contribution in [-0.2, 0) is 9.47 Å². The van der Waals surface area contributed by atoms with Crippen molar-refractivity contribution in [2.75, 3.05) is 31.9 Å². The molecule has 1 amide bonds. The summed E-state index contributed by atoms with van der Waals surface area (Å²) in [5.41, 5.74) is 0.319. The molecule has 3 heterocycles. The Bertz CT molecular complexity index is 1770. The first kappa shape index (κ1) is 29.0. The number of rotatable bonds is 5. The van der Waals surface area contributed by atoms with Crippen molar-refractivity contribution in [3.05, 3.63) is 65.1 Å². The maximum Gasteiger partial charge on any atom is 0.410 e. The number of carbonyl (C=O) groups is 1. The average molecular weight is 603 g/mol. The molecule has 2 unspecified atom stereocenters. The Kier molecular flexibility index (Phi) is 7.53. The molecule has 2 aliphatic heterocycles. The largest absolute Gasteiger partial charge is 0.468 e. The highest BCUT2D eigenvalue weighted by molar-refractivity contribution is 6.32. The minimum absolute atomic E-state index is 0.0180. The summed E-state index contributed by atoms with van der Waals surface area (Å²) in [4.78, 5) is 21.4. The molecule has 2 bridgehead atoms. The molecule has 0 aliphatic carbocycles. The number of piperazine rings is 1. The number of amides is 1. The van der Waals surface area contributed by atoms with Gasteiger partial charge >= 0.3 is 6.09 Å². The lowest BCUT2D eigenvalue weighted by molar-refractivity contribution is 0.0209. The molecule has 0 radical (unpaired) electrons. The molecular weight excluding hydrogens is 571 g/mol. The fourth-order valence-electron chi connectivity index (χ4n) is 6.27. The number of likely N-dealkylation sites (tertiary alicyclic amines) is 1. The van der Waals surface area contributed by atoms with Crippen LogP contribution in [0.4, 0.5) is 15.0 Å². The fourth-order valence-corrected chi connectivity index (χ4v) is 6.48. The lowest BCUT2D eigenvalue weighted by Crippen LogP contribution is -2.56. The molecule has 4 aromatic rings. The predicted molar refractivity (Wildman–Crippen MR) is 164 cm³/mol. The summed E-state index contributed by atoms with van der Waals surface area (Å²) in [6.07, 6.45) is 1.33. The number of carbonyl (C=O) groups excluding carboxylic acids is 1. The van der Waals surface area contributed by atoms with Crippen molar-refractivity contribution in [2.24, 2.45) is 0 Å². The molecule has 2 atom stereocenters. The van der Waals surface area contributed by atoms with Crippen LogP contribution >= 0.6 is 11.6 Å². The number of fused-ring (bicyclic) bond motifs is 4. The van der Waals surface area contributed by atoms with Crippen LogP contribution in [0.5, 0.6) is 5.75 Å². The van der Waals surface area contributed by atoms with Crippen molar-refractivity contribution in [3.8, 4) is 22.9 Å². The lowest BCUT2D eigenvalue weighted by atomic mass is 9.94. The highest BCUT2D eigenvalue weighted by atomic mass is 35.5. The third-order valence-electron chi connectivity index (χ3n) is 8.00. The Hall–Kier alpha value is -4.13. The van der Waals surface area contributed by atoms with Gasteiger partial charge in [-0.05, 0) is 68.1 Å². The minimum Gasteiger partial charge on any atom is -0.468 e. The van der Waals surface area contributed by atoms with Crippen molar-refractivity contribution in [3.63, 3.8) is 0 Å². The zero-order valence-electron chi connectivity index (χ0n) is 24.5. The number of pyridine rings is 1. The highest BCUT2D eigenvalue weighted by Crippen LogP contribution is 2.43. The highest BCUT2D eigenvalue weighted by Gasteiger charge is 2.44. The van der Waals surface area contributed by atoms with E-state index < -0.39 is 11.4 Å². The quantitative estimate of drug-likeness (QED) is 0.175. The number of halogens is 2. The number of methoxy groups -OCH3 is 1.